The number of pyridine rings is 1. The van der Waals surface area contributed by atoms with Crippen LogP contribution in [0.15, 0.2) is 59.8 Å². The zero-order chi connectivity index (χ0) is 25.2. The maximum absolute atomic E-state index is 12.8. The summed E-state index contributed by atoms with van der Waals surface area (Å²) in [6.45, 7) is 4.88. The molecule has 0 bridgehead atoms. The first-order chi connectivity index (χ1) is 17.4. The molecule has 36 heavy (non-hydrogen) atoms. The van der Waals surface area contributed by atoms with Crippen LogP contribution in [-0.2, 0) is 11.3 Å². The van der Waals surface area contributed by atoms with Crippen molar-refractivity contribution >= 4 is 56.4 Å². The molecule has 4 aromatic rings. The van der Waals surface area contributed by atoms with Crippen LogP contribution in [0.1, 0.15) is 32.1 Å². The van der Waals surface area contributed by atoms with Gasteiger partial charge in [-0.25, -0.2) is 0 Å². The van der Waals surface area contributed by atoms with Gasteiger partial charge in [0, 0.05) is 30.9 Å². The van der Waals surface area contributed by atoms with E-state index in [1.807, 2.05) is 23.7 Å². The Labute approximate surface area is 216 Å². The summed E-state index contributed by atoms with van der Waals surface area (Å²) in [5.41, 5.74) is 3.95. The highest BCUT2D eigenvalue weighted by atomic mass is 32.2. The molecule has 0 unspecified atom stereocenters. The third-order valence-electron chi connectivity index (χ3n) is 5.76. The number of imide groups is 1. The van der Waals surface area contributed by atoms with E-state index in [-0.39, 0.29) is 30.1 Å². The smallest absolute Gasteiger partial charge is 0.293 e. The predicted octanol–water partition coefficient (Wildman–Crippen LogP) is 4.62. The highest BCUT2D eigenvalue weighted by Crippen LogP contribution is 2.32. The number of thiophene rings is 1. The maximum Gasteiger partial charge on any atom is 0.293 e. The summed E-state index contributed by atoms with van der Waals surface area (Å²) >= 11 is 2.27. The summed E-state index contributed by atoms with van der Waals surface area (Å²) in [5, 5.41) is 8.07. The molecule has 0 atom stereocenters. The Bertz CT molecular complexity index is 1490. The van der Waals surface area contributed by atoms with Gasteiger partial charge in [-0.3, -0.25) is 28.9 Å². The van der Waals surface area contributed by atoms with Crippen LogP contribution in [0.3, 0.4) is 0 Å². The Balaban J connectivity index is 1.22. The topological polar surface area (TPSA) is 97.2 Å². The Morgan fingerprint density at radius 3 is 2.69 bits per heavy atom. The number of hydrogen-bond donors (Lipinski definition) is 1. The number of fused-ring (bicyclic) bond motifs is 1. The number of rotatable bonds is 7. The van der Waals surface area contributed by atoms with Crippen LogP contribution in [0.25, 0.3) is 16.3 Å². The van der Waals surface area contributed by atoms with E-state index in [2.05, 4.69) is 46.6 Å². The van der Waals surface area contributed by atoms with Crippen molar-refractivity contribution in [3.05, 3.63) is 87.0 Å². The van der Waals surface area contributed by atoms with Gasteiger partial charge < -0.3 is 5.32 Å². The zero-order valence-electron chi connectivity index (χ0n) is 19.7. The van der Waals surface area contributed by atoms with Gasteiger partial charge in [0.2, 0.25) is 0 Å². The molecule has 0 spiro atoms. The molecule has 1 aliphatic rings. The largest absolute Gasteiger partial charge is 0.350 e. The number of carbonyl (C=O) groups is 3. The van der Waals surface area contributed by atoms with E-state index in [4.69, 9.17) is 0 Å². The molecule has 5 rings (SSSR count). The molecule has 10 heteroatoms. The molecule has 182 valence electrons. The Morgan fingerprint density at radius 1 is 1.14 bits per heavy atom. The summed E-state index contributed by atoms with van der Waals surface area (Å²) in [5.74, 6) is -0.604. The molecule has 1 fully saturated rings. The Hall–Kier alpha value is -3.76. The molecule has 1 aliphatic heterocycles. The van der Waals surface area contributed by atoms with Gasteiger partial charge in [-0.1, -0.05) is 35.9 Å². The van der Waals surface area contributed by atoms with Crippen molar-refractivity contribution in [1.82, 2.24) is 25.0 Å². The second-order valence-corrected chi connectivity index (χ2v) is 10.5. The van der Waals surface area contributed by atoms with Crippen molar-refractivity contribution in [2.24, 2.45) is 0 Å². The van der Waals surface area contributed by atoms with Gasteiger partial charge in [0.1, 0.15) is 4.83 Å². The fraction of sp³-hybridized carbons (Fsp3) is 0.192. The molecule has 1 N–H and O–H groups in total. The minimum atomic E-state index is -0.364. The van der Waals surface area contributed by atoms with Gasteiger partial charge in [0.15, 0.2) is 0 Å². The molecule has 0 aliphatic carbocycles. The van der Waals surface area contributed by atoms with Gasteiger partial charge in [-0.05, 0) is 54.9 Å². The molecule has 0 radical (unpaired) electrons. The predicted molar refractivity (Wildman–Crippen MR) is 142 cm³/mol. The van der Waals surface area contributed by atoms with Crippen molar-refractivity contribution in [2.75, 3.05) is 13.1 Å². The van der Waals surface area contributed by atoms with E-state index in [0.29, 0.717) is 16.3 Å². The average molecular weight is 518 g/mol. The van der Waals surface area contributed by atoms with Gasteiger partial charge in [-0.2, -0.15) is 5.10 Å². The van der Waals surface area contributed by atoms with E-state index in [1.165, 1.54) is 16.9 Å². The fourth-order valence-corrected chi connectivity index (χ4v) is 5.81. The summed E-state index contributed by atoms with van der Waals surface area (Å²) in [6.07, 6.45) is 4.92. The first kappa shape index (κ1) is 24.0. The van der Waals surface area contributed by atoms with E-state index in [1.54, 1.807) is 24.5 Å². The normalized spacial score (nSPS) is 14.8. The van der Waals surface area contributed by atoms with Crippen LogP contribution in [-0.4, -0.2) is 49.8 Å². The number of hydrogen-bond acceptors (Lipinski definition) is 7. The molecule has 4 heterocycles. The number of aryl methyl sites for hydroxylation is 2. The van der Waals surface area contributed by atoms with Gasteiger partial charge in [0.25, 0.3) is 17.1 Å². The molecular formula is C26H23N5O3S2. The number of nitrogens with one attached hydrogen (secondary N) is 1. The number of benzene rings is 1. The lowest BCUT2D eigenvalue weighted by atomic mass is 10.1. The fourth-order valence-electron chi connectivity index (χ4n) is 3.87. The van der Waals surface area contributed by atoms with E-state index >= 15 is 0 Å². The van der Waals surface area contributed by atoms with Crippen molar-refractivity contribution in [3.8, 4) is 0 Å². The standard InChI is InChI=1S/C26H23N5O3S2/c1-16-5-7-18(8-6-16)15-31-25-20(17(2)29-31)13-21(35-25)23(32)28-10-11-30-24(33)22(36-26(30)34)12-19-4-3-9-27-14-19/h3-9,12-14H,10-11,15H2,1-2H3,(H,28,32)/b22-12+. The number of amides is 3. The highest BCUT2D eigenvalue weighted by molar-refractivity contribution is 8.18. The highest BCUT2D eigenvalue weighted by Gasteiger charge is 2.34. The van der Waals surface area contributed by atoms with Crippen LogP contribution < -0.4 is 5.32 Å². The summed E-state index contributed by atoms with van der Waals surface area (Å²) in [7, 11) is 0. The molecule has 3 amide bonds. The van der Waals surface area contributed by atoms with Crippen molar-refractivity contribution < 1.29 is 14.4 Å². The first-order valence-electron chi connectivity index (χ1n) is 11.3. The Kier molecular flexibility index (Phi) is 6.71. The second kappa shape index (κ2) is 10.1. The summed E-state index contributed by atoms with van der Waals surface area (Å²) < 4.78 is 1.92. The number of thioether (sulfide) groups is 1. The summed E-state index contributed by atoms with van der Waals surface area (Å²) in [6, 6.07) is 13.7. The summed E-state index contributed by atoms with van der Waals surface area (Å²) in [4.78, 5) is 44.9. The first-order valence-corrected chi connectivity index (χ1v) is 13.0. The van der Waals surface area contributed by atoms with Gasteiger partial charge >= 0.3 is 0 Å². The zero-order valence-corrected chi connectivity index (χ0v) is 21.4. The van der Waals surface area contributed by atoms with Crippen LogP contribution in [0.5, 0.6) is 0 Å². The lowest BCUT2D eigenvalue weighted by molar-refractivity contribution is -0.122. The third-order valence-corrected chi connectivity index (χ3v) is 7.82. The average Bonchev–Trinajstić information content (AvgIpc) is 3.51. The van der Waals surface area contributed by atoms with E-state index in [9.17, 15) is 14.4 Å². The molecule has 1 aromatic carbocycles. The molecular weight excluding hydrogens is 494 g/mol. The number of aromatic nitrogens is 3. The lowest BCUT2D eigenvalue weighted by Crippen LogP contribution is -2.37. The quantitative estimate of drug-likeness (QED) is 0.359. The minimum absolute atomic E-state index is 0.103. The molecule has 3 aromatic heterocycles. The minimum Gasteiger partial charge on any atom is -0.350 e. The number of carbonyl (C=O) groups excluding carboxylic acids is 3. The molecule has 1 saturated heterocycles. The van der Waals surface area contributed by atoms with Crippen molar-refractivity contribution in [2.45, 2.75) is 20.4 Å². The Morgan fingerprint density at radius 2 is 1.94 bits per heavy atom. The van der Waals surface area contributed by atoms with Crippen molar-refractivity contribution in [1.29, 1.82) is 0 Å². The van der Waals surface area contributed by atoms with Crippen LogP contribution >= 0.6 is 23.1 Å². The molecule has 0 saturated carbocycles. The third kappa shape index (κ3) is 4.95. The SMILES string of the molecule is Cc1ccc(Cn2nc(C)c3cc(C(=O)NCCN4C(=O)S/C(=C/c5cccnc5)C4=O)sc32)cc1. The van der Waals surface area contributed by atoms with Crippen LogP contribution in [0.4, 0.5) is 4.79 Å². The lowest BCUT2D eigenvalue weighted by Gasteiger charge is -2.12. The van der Waals surface area contributed by atoms with E-state index in [0.717, 1.165) is 43.7 Å². The monoisotopic (exact) mass is 517 g/mol. The van der Waals surface area contributed by atoms with Gasteiger partial charge in [-0.15, -0.1) is 11.3 Å². The van der Waals surface area contributed by atoms with E-state index < -0.39 is 0 Å². The number of nitrogens with zero attached hydrogens (tertiary/aromatic N) is 4. The van der Waals surface area contributed by atoms with Crippen molar-refractivity contribution in [3.63, 3.8) is 0 Å². The molecule has 8 nitrogen and oxygen atoms in total. The maximum atomic E-state index is 12.8. The van der Waals surface area contributed by atoms with Crippen LogP contribution in [0.2, 0.25) is 0 Å². The van der Waals surface area contributed by atoms with Gasteiger partial charge in [0.05, 0.1) is 22.0 Å². The van der Waals surface area contributed by atoms with Crippen LogP contribution in [0, 0.1) is 13.8 Å². The second-order valence-electron chi connectivity index (χ2n) is 8.43.